The van der Waals surface area contributed by atoms with Crippen LogP contribution in [0.15, 0.2) is 24.3 Å². The molecule has 0 aliphatic rings. The van der Waals surface area contributed by atoms with Crippen molar-refractivity contribution in [1.82, 2.24) is 0 Å². The van der Waals surface area contributed by atoms with E-state index >= 15 is 0 Å². The van der Waals surface area contributed by atoms with E-state index in [0.717, 1.165) is 12.0 Å². The Morgan fingerprint density at radius 2 is 2.12 bits per heavy atom. The Morgan fingerprint density at radius 3 is 2.50 bits per heavy atom. The zero-order valence-electron chi connectivity index (χ0n) is 10.5. The van der Waals surface area contributed by atoms with Crippen LogP contribution in [0.3, 0.4) is 0 Å². The van der Waals surface area contributed by atoms with Gasteiger partial charge in [-0.2, -0.15) is 0 Å². The molecule has 0 aliphatic heterocycles. The normalized spacial score (nSPS) is 17.9. The SMILES string of the molecule is C=CC(=CC)C(O)COC(C)C(CC)CO. The Morgan fingerprint density at radius 1 is 1.50 bits per heavy atom. The van der Waals surface area contributed by atoms with Crippen molar-refractivity contribution in [3.63, 3.8) is 0 Å². The summed E-state index contributed by atoms with van der Waals surface area (Å²) in [7, 11) is 0. The summed E-state index contributed by atoms with van der Waals surface area (Å²) >= 11 is 0. The van der Waals surface area contributed by atoms with E-state index in [-0.39, 0.29) is 25.2 Å². The first-order valence-corrected chi connectivity index (χ1v) is 5.79. The molecule has 94 valence electrons. The summed E-state index contributed by atoms with van der Waals surface area (Å²) in [5.74, 6) is 0.130. The van der Waals surface area contributed by atoms with Crippen LogP contribution < -0.4 is 0 Å². The van der Waals surface area contributed by atoms with Gasteiger partial charge in [-0.05, 0) is 25.8 Å². The maximum Gasteiger partial charge on any atom is 0.102 e. The third-order valence-corrected chi connectivity index (χ3v) is 2.89. The van der Waals surface area contributed by atoms with Crippen molar-refractivity contribution in [2.24, 2.45) is 5.92 Å². The van der Waals surface area contributed by atoms with Crippen molar-refractivity contribution in [3.05, 3.63) is 24.3 Å². The third-order valence-electron chi connectivity index (χ3n) is 2.89. The first kappa shape index (κ1) is 15.4. The van der Waals surface area contributed by atoms with Crippen molar-refractivity contribution in [3.8, 4) is 0 Å². The molecule has 0 rings (SSSR count). The van der Waals surface area contributed by atoms with Gasteiger partial charge >= 0.3 is 0 Å². The van der Waals surface area contributed by atoms with Crippen LogP contribution in [0.4, 0.5) is 0 Å². The van der Waals surface area contributed by atoms with E-state index in [1.165, 1.54) is 0 Å². The van der Waals surface area contributed by atoms with E-state index in [0.29, 0.717) is 0 Å². The molecular formula is C13H24O3. The monoisotopic (exact) mass is 228 g/mol. The maximum absolute atomic E-state index is 9.76. The van der Waals surface area contributed by atoms with Crippen LogP contribution in [0.1, 0.15) is 27.2 Å². The lowest BCUT2D eigenvalue weighted by Gasteiger charge is -2.22. The van der Waals surface area contributed by atoms with Gasteiger partial charge in [-0.3, -0.25) is 0 Å². The van der Waals surface area contributed by atoms with Gasteiger partial charge in [-0.25, -0.2) is 0 Å². The molecule has 0 radical (unpaired) electrons. The van der Waals surface area contributed by atoms with Crippen LogP contribution in [-0.4, -0.2) is 35.6 Å². The number of ether oxygens (including phenoxy) is 1. The number of allylic oxidation sites excluding steroid dienone is 1. The van der Waals surface area contributed by atoms with Gasteiger partial charge in [0.2, 0.25) is 0 Å². The Kier molecular flexibility index (Phi) is 8.16. The van der Waals surface area contributed by atoms with Crippen LogP contribution in [0.25, 0.3) is 0 Å². The van der Waals surface area contributed by atoms with E-state index in [1.807, 2.05) is 26.8 Å². The molecule has 0 aromatic heterocycles. The van der Waals surface area contributed by atoms with Crippen LogP contribution in [0, 0.1) is 5.92 Å². The third kappa shape index (κ3) is 4.92. The molecule has 3 atom stereocenters. The second-order valence-electron chi connectivity index (χ2n) is 3.90. The highest BCUT2D eigenvalue weighted by molar-refractivity contribution is 5.19. The summed E-state index contributed by atoms with van der Waals surface area (Å²) in [5.41, 5.74) is 0.768. The molecule has 0 aliphatic carbocycles. The number of aliphatic hydroxyl groups is 2. The highest BCUT2D eigenvalue weighted by Crippen LogP contribution is 2.13. The first-order chi connectivity index (χ1) is 7.60. The fourth-order valence-electron chi connectivity index (χ4n) is 1.53. The van der Waals surface area contributed by atoms with Crippen LogP contribution in [0.2, 0.25) is 0 Å². The molecule has 0 spiro atoms. The van der Waals surface area contributed by atoms with Crippen LogP contribution >= 0.6 is 0 Å². The van der Waals surface area contributed by atoms with Crippen molar-refractivity contribution in [1.29, 1.82) is 0 Å². The Balaban J connectivity index is 4.09. The summed E-state index contributed by atoms with van der Waals surface area (Å²) in [6, 6.07) is 0. The molecule has 0 saturated carbocycles. The van der Waals surface area contributed by atoms with Crippen LogP contribution in [0.5, 0.6) is 0 Å². The standard InChI is InChI=1S/C13H24O3/c1-5-11(6-2)13(15)9-16-10(4)12(7-3)8-14/h5-6,10,12-15H,1,7-9H2,2-4H3. The van der Waals surface area contributed by atoms with Gasteiger partial charge < -0.3 is 14.9 Å². The predicted molar refractivity (Wildman–Crippen MR) is 66.2 cm³/mol. The summed E-state index contributed by atoms with van der Waals surface area (Å²) in [4.78, 5) is 0. The van der Waals surface area contributed by atoms with E-state index in [9.17, 15) is 5.11 Å². The minimum Gasteiger partial charge on any atom is -0.396 e. The van der Waals surface area contributed by atoms with Gasteiger partial charge in [0.05, 0.1) is 12.7 Å². The lowest BCUT2D eigenvalue weighted by atomic mass is 10.0. The minimum absolute atomic E-state index is 0.0485. The van der Waals surface area contributed by atoms with Gasteiger partial charge in [0.1, 0.15) is 6.10 Å². The van der Waals surface area contributed by atoms with Gasteiger partial charge in [0.15, 0.2) is 0 Å². The van der Waals surface area contributed by atoms with Crippen molar-refractivity contribution >= 4 is 0 Å². The topological polar surface area (TPSA) is 49.7 Å². The molecule has 3 nitrogen and oxygen atoms in total. The van der Waals surface area contributed by atoms with E-state index in [1.54, 1.807) is 6.08 Å². The molecule has 0 aromatic carbocycles. The smallest absolute Gasteiger partial charge is 0.102 e. The Hall–Kier alpha value is -0.640. The average Bonchev–Trinajstić information content (AvgIpc) is 2.29. The molecule has 3 heteroatoms. The lowest BCUT2D eigenvalue weighted by Crippen LogP contribution is -2.28. The fraction of sp³-hybridized carbons (Fsp3) is 0.692. The summed E-state index contributed by atoms with van der Waals surface area (Å²) < 4.78 is 5.53. The van der Waals surface area contributed by atoms with E-state index in [2.05, 4.69) is 6.58 Å². The second kappa shape index (κ2) is 8.50. The first-order valence-electron chi connectivity index (χ1n) is 5.79. The van der Waals surface area contributed by atoms with Crippen LogP contribution in [-0.2, 0) is 4.74 Å². The zero-order valence-corrected chi connectivity index (χ0v) is 10.5. The molecule has 3 unspecified atom stereocenters. The summed E-state index contributed by atoms with van der Waals surface area (Å²) in [6.07, 6.45) is 3.62. The predicted octanol–water partition coefficient (Wildman–Crippen LogP) is 1.90. The highest BCUT2D eigenvalue weighted by Gasteiger charge is 2.17. The maximum atomic E-state index is 9.76. The van der Waals surface area contributed by atoms with Gasteiger partial charge in [-0.1, -0.05) is 25.7 Å². The van der Waals surface area contributed by atoms with Gasteiger partial charge in [0, 0.05) is 12.5 Å². The van der Waals surface area contributed by atoms with Crippen molar-refractivity contribution < 1.29 is 14.9 Å². The number of hydrogen-bond donors (Lipinski definition) is 2. The molecule has 0 heterocycles. The van der Waals surface area contributed by atoms with Gasteiger partial charge in [-0.15, -0.1) is 0 Å². The number of aliphatic hydroxyl groups excluding tert-OH is 2. The lowest BCUT2D eigenvalue weighted by molar-refractivity contribution is -0.0279. The minimum atomic E-state index is -0.638. The molecule has 16 heavy (non-hydrogen) atoms. The number of hydrogen-bond acceptors (Lipinski definition) is 3. The molecule has 0 fully saturated rings. The quantitative estimate of drug-likeness (QED) is 0.624. The fourth-order valence-corrected chi connectivity index (χ4v) is 1.53. The summed E-state index contributed by atoms with van der Waals surface area (Å²) in [6.45, 7) is 9.76. The zero-order chi connectivity index (χ0) is 12.6. The average molecular weight is 228 g/mol. The van der Waals surface area contributed by atoms with Gasteiger partial charge in [0.25, 0.3) is 0 Å². The molecule has 0 saturated heterocycles. The molecule has 0 bridgehead atoms. The molecule has 2 N–H and O–H groups in total. The highest BCUT2D eigenvalue weighted by atomic mass is 16.5. The van der Waals surface area contributed by atoms with Crippen molar-refractivity contribution in [2.75, 3.05) is 13.2 Å². The van der Waals surface area contributed by atoms with E-state index in [4.69, 9.17) is 9.84 Å². The molecule has 0 aromatic rings. The Labute approximate surface area is 98.4 Å². The largest absolute Gasteiger partial charge is 0.396 e. The summed E-state index contributed by atoms with van der Waals surface area (Å²) in [5, 5.41) is 18.9. The molecule has 0 amide bonds. The second-order valence-corrected chi connectivity index (χ2v) is 3.90. The van der Waals surface area contributed by atoms with E-state index < -0.39 is 6.10 Å². The molecular weight excluding hydrogens is 204 g/mol. The Bertz CT molecular complexity index is 219. The number of rotatable bonds is 8. The van der Waals surface area contributed by atoms with Crippen molar-refractivity contribution in [2.45, 2.75) is 39.4 Å².